The van der Waals surface area contributed by atoms with Crippen LogP contribution in [0.2, 0.25) is 0 Å². The van der Waals surface area contributed by atoms with E-state index in [1.54, 1.807) is 0 Å². The molecule has 12 heavy (non-hydrogen) atoms. The second-order valence-corrected chi connectivity index (χ2v) is 3.83. The minimum atomic E-state index is 0.434. The molecule has 1 aromatic heterocycles. The van der Waals surface area contributed by atoms with Crippen molar-refractivity contribution >= 4 is 21.7 Å². The first-order valence-electron chi connectivity index (χ1n) is 4.15. The van der Waals surface area contributed by atoms with E-state index in [1.807, 2.05) is 10.9 Å². The fraction of sp³-hybridized carbons (Fsp3) is 0.625. The van der Waals surface area contributed by atoms with Crippen LogP contribution in [0.1, 0.15) is 32.7 Å². The summed E-state index contributed by atoms with van der Waals surface area (Å²) < 4.78 is 2.79. The average Bonchev–Trinajstić information content (AvgIpc) is 2.33. The van der Waals surface area contributed by atoms with E-state index in [9.17, 15) is 0 Å². The van der Waals surface area contributed by atoms with Gasteiger partial charge >= 0.3 is 0 Å². The third-order valence-electron chi connectivity index (χ3n) is 1.87. The molecule has 1 unspecified atom stereocenters. The van der Waals surface area contributed by atoms with E-state index >= 15 is 0 Å². The quantitative estimate of drug-likeness (QED) is 0.870. The standard InChI is InChI=1S/C8H14BrN3/c1-3-4-6(2)12-5-7(9)8(10)11-12/h5-6H,3-4H2,1-2H3,(H2,10,11). The molecule has 0 aliphatic rings. The summed E-state index contributed by atoms with van der Waals surface area (Å²) in [5.41, 5.74) is 5.60. The number of hydrogen-bond acceptors (Lipinski definition) is 2. The Bertz CT molecular complexity index is 237. The fourth-order valence-electron chi connectivity index (χ4n) is 1.16. The number of halogens is 1. The van der Waals surface area contributed by atoms with Crippen LogP contribution < -0.4 is 5.73 Å². The van der Waals surface area contributed by atoms with Crippen LogP contribution in [-0.2, 0) is 0 Å². The van der Waals surface area contributed by atoms with Crippen molar-refractivity contribution in [2.45, 2.75) is 32.7 Å². The molecule has 0 aliphatic carbocycles. The molecule has 0 spiro atoms. The van der Waals surface area contributed by atoms with Crippen LogP contribution in [0.3, 0.4) is 0 Å². The molecule has 1 aromatic rings. The first-order chi connectivity index (χ1) is 5.65. The number of nitrogen functional groups attached to an aromatic ring is 1. The molecule has 1 heterocycles. The smallest absolute Gasteiger partial charge is 0.159 e. The van der Waals surface area contributed by atoms with Crippen molar-refractivity contribution in [2.75, 3.05) is 5.73 Å². The van der Waals surface area contributed by atoms with Crippen molar-refractivity contribution in [1.82, 2.24) is 9.78 Å². The monoisotopic (exact) mass is 231 g/mol. The van der Waals surface area contributed by atoms with Gasteiger partial charge in [0.2, 0.25) is 0 Å². The van der Waals surface area contributed by atoms with Gasteiger partial charge in [0.05, 0.1) is 4.47 Å². The van der Waals surface area contributed by atoms with Crippen molar-refractivity contribution in [3.63, 3.8) is 0 Å². The maximum atomic E-state index is 5.60. The molecule has 0 aliphatic heterocycles. The van der Waals surface area contributed by atoms with Crippen molar-refractivity contribution in [1.29, 1.82) is 0 Å². The highest BCUT2D eigenvalue weighted by Crippen LogP contribution is 2.20. The molecule has 0 saturated heterocycles. The molecule has 0 aromatic carbocycles. The number of rotatable bonds is 3. The first-order valence-corrected chi connectivity index (χ1v) is 4.94. The van der Waals surface area contributed by atoms with Gasteiger partial charge in [-0.15, -0.1) is 0 Å². The molecular weight excluding hydrogens is 218 g/mol. The predicted octanol–water partition coefficient (Wildman–Crippen LogP) is 2.59. The van der Waals surface area contributed by atoms with E-state index in [4.69, 9.17) is 5.73 Å². The largest absolute Gasteiger partial charge is 0.381 e. The maximum absolute atomic E-state index is 5.60. The van der Waals surface area contributed by atoms with E-state index in [0.717, 1.165) is 10.9 Å². The Labute approximate surface area is 81.1 Å². The maximum Gasteiger partial charge on any atom is 0.159 e. The zero-order valence-electron chi connectivity index (χ0n) is 7.42. The molecule has 0 fully saturated rings. The lowest BCUT2D eigenvalue weighted by atomic mass is 10.2. The van der Waals surface area contributed by atoms with Crippen LogP contribution in [0.5, 0.6) is 0 Å². The van der Waals surface area contributed by atoms with Crippen molar-refractivity contribution in [3.05, 3.63) is 10.7 Å². The summed E-state index contributed by atoms with van der Waals surface area (Å²) in [7, 11) is 0. The second kappa shape index (κ2) is 3.94. The third kappa shape index (κ3) is 2.00. The van der Waals surface area contributed by atoms with Gasteiger partial charge in [-0.1, -0.05) is 13.3 Å². The van der Waals surface area contributed by atoms with Crippen LogP contribution in [-0.4, -0.2) is 9.78 Å². The van der Waals surface area contributed by atoms with Gasteiger partial charge in [0.15, 0.2) is 5.82 Å². The minimum Gasteiger partial charge on any atom is -0.381 e. The number of nitrogens with two attached hydrogens (primary N) is 1. The first kappa shape index (κ1) is 9.58. The van der Waals surface area contributed by atoms with Gasteiger partial charge in [-0.3, -0.25) is 4.68 Å². The van der Waals surface area contributed by atoms with Crippen LogP contribution in [0.4, 0.5) is 5.82 Å². The lowest BCUT2D eigenvalue weighted by Crippen LogP contribution is -2.05. The molecule has 68 valence electrons. The van der Waals surface area contributed by atoms with Crippen molar-refractivity contribution < 1.29 is 0 Å². The third-order valence-corrected chi connectivity index (χ3v) is 2.48. The summed E-state index contributed by atoms with van der Waals surface area (Å²) in [4.78, 5) is 0. The summed E-state index contributed by atoms with van der Waals surface area (Å²) in [5.74, 6) is 0.568. The highest BCUT2D eigenvalue weighted by molar-refractivity contribution is 9.10. The molecular formula is C8H14BrN3. The Morgan fingerprint density at radius 1 is 1.75 bits per heavy atom. The van der Waals surface area contributed by atoms with Gasteiger partial charge in [0.1, 0.15) is 0 Å². The highest BCUT2D eigenvalue weighted by Gasteiger charge is 2.07. The van der Waals surface area contributed by atoms with E-state index in [2.05, 4.69) is 34.9 Å². The highest BCUT2D eigenvalue weighted by atomic mass is 79.9. The van der Waals surface area contributed by atoms with Gasteiger partial charge in [0.25, 0.3) is 0 Å². The summed E-state index contributed by atoms with van der Waals surface area (Å²) in [6.07, 6.45) is 4.22. The second-order valence-electron chi connectivity index (χ2n) is 2.98. The van der Waals surface area contributed by atoms with Gasteiger partial charge < -0.3 is 5.73 Å². The Balaban J connectivity index is 2.74. The van der Waals surface area contributed by atoms with E-state index in [1.165, 1.54) is 6.42 Å². The zero-order valence-corrected chi connectivity index (χ0v) is 9.00. The van der Waals surface area contributed by atoms with Gasteiger partial charge in [0, 0.05) is 12.2 Å². The Morgan fingerprint density at radius 3 is 2.83 bits per heavy atom. The van der Waals surface area contributed by atoms with E-state index in [0.29, 0.717) is 11.9 Å². The lowest BCUT2D eigenvalue weighted by molar-refractivity contribution is 0.456. The van der Waals surface area contributed by atoms with Crippen LogP contribution in [0.25, 0.3) is 0 Å². The van der Waals surface area contributed by atoms with Crippen LogP contribution in [0, 0.1) is 0 Å². The molecule has 3 nitrogen and oxygen atoms in total. The SMILES string of the molecule is CCCC(C)n1cc(Br)c(N)n1. The summed E-state index contributed by atoms with van der Waals surface area (Å²) in [6.45, 7) is 4.31. The Kier molecular flexibility index (Phi) is 3.14. The molecule has 0 bridgehead atoms. The van der Waals surface area contributed by atoms with Gasteiger partial charge in [-0.05, 0) is 29.3 Å². The summed E-state index contributed by atoms with van der Waals surface area (Å²) >= 11 is 3.33. The summed E-state index contributed by atoms with van der Waals surface area (Å²) in [5, 5.41) is 4.18. The van der Waals surface area contributed by atoms with E-state index < -0.39 is 0 Å². The number of aromatic nitrogens is 2. The minimum absolute atomic E-state index is 0.434. The molecule has 2 N–H and O–H groups in total. The predicted molar refractivity (Wildman–Crippen MR) is 54.0 cm³/mol. The topological polar surface area (TPSA) is 43.8 Å². The van der Waals surface area contributed by atoms with Crippen LogP contribution >= 0.6 is 15.9 Å². The molecule has 0 amide bonds. The molecule has 4 heteroatoms. The van der Waals surface area contributed by atoms with E-state index in [-0.39, 0.29) is 0 Å². The zero-order chi connectivity index (χ0) is 9.14. The number of nitrogens with zero attached hydrogens (tertiary/aromatic N) is 2. The van der Waals surface area contributed by atoms with Crippen molar-refractivity contribution in [2.24, 2.45) is 0 Å². The lowest BCUT2D eigenvalue weighted by Gasteiger charge is -2.09. The Hall–Kier alpha value is -0.510. The van der Waals surface area contributed by atoms with Crippen molar-refractivity contribution in [3.8, 4) is 0 Å². The summed E-state index contributed by atoms with van der Waals surface area (Å²) in [6, 6.07) is 0.434. The fourth-order valence-corrected chi connectivity index (χ4v) is 1.45. The van der Waals surface area contributed by atoms with Gasteiger partial charge in [-0.25, -0.2) is 0 Å². The Morgan fingerprint density at radius 2 is 2.42 bits per heavy atom. The number of anilines is 1. The normalized spacial score (nSPS) is 13.2. The molecule has 0 saturated carbocycles. The molecule has 1 rings (SSSR count). The number of hydrogen-bond donors (Lipinski definition) is 1. The van der Waals surface area contributed by atoms with Gasteiger partial charge in [-0.2, -0.15) is 5.10 Å². The van der Waals surface area contributed by atoms with Crippen LogP contribution in [0.15, 0.2) is 10.7 Å². The average molecular weight is 232 g/mol. The molecule has 1 atom stereocenters. The molecule has 0 radical (unpaired) electrons.